The van der Waals surface area contributed by atoms with E-state index in [4.69, 9.17) is 4.42 Å². The first kappa shape index (κ1) is 29.3. The Morgan fingerprint density at radius 1 is 0.588 bits per heavy atom. The van der Waals surface area contributed by atoms with Gasteiger partial charge in [-0.05, 0) is 66.1 Å². The lowest BCUT2D eigenvalue weighted by Gasteiger charge is -2.13. The van der Waals surface area contributed by atoms with Crippen molar-refractivity contribution in [1.29, 1.82) is 0 Å². The van der Waals surface area contributed by atoms with E-state index in [1.165, 1.54) is 60.5 Å². The van der Waals surface area contributed by atoms with Crippen molar-refractivity contribution in [3.63, 3.8) is 0 Å². The number of hydrogen-bond acceptors (Lipinski definition) is 1. The van der Waals surface area contributed by atoms with Crippen LogP contribution < -0.4 is 0 Å². The number of fused-ring (bicyclic) bond motifs is 10. The molecule has 0 radical (unpaired) electrons. The fourth-order valence-corrected chi connectivity index (χ4v) is 8.10. The summed E-state index contributed by atoms with van der Waals surface area (Å²) in [5.74, 6) is 0. The van der Waals surface area contributed by atoms with Crippen LogP contribution >= 0.6 is 0 Å². The van der Waals surface area contributed by atoms with E-state index in [-0.39, 0.29) is 0 Å². The van der Waals surface area contributed by atoms with E-state index in [2.05, 4.69) is 192 Å². The number of rotatable bonds is 6. The Hall–Kier alpha value is -6.58. The highest BCUT2D eigenvalue weighted by atomic mass is 16.3. The predicted molar refractivity (Wildman–Crippen MR) is 216 cm³/mol. The minimum atomic E-state index is 0.715. The lowest BCUT2D eigenvalue weighted by molar-refractivity contribution is 0.673. The van der Waals surface area contributed by atoms with Gasteiger partial charge >= 0.3 is 0 Å². The molecule has 242 valence electrons. The van der Waals surface area contributed by atoms with E-state index in [0.29, 0.717) is 6.54 Å². The Labute approximate surface area is 295 Å². The maximum Gasteiger partial charge on any atom is 0.145 e. The maximum atomic E-state index is 6.70. The summed E-state index contributed by atoms with van der Waals surface area (Å²) in [6, 6.07) is 56.5. The normalized spacial score (nSPS) is 12.5. The molecule has 0 unspecified atom stereocenters. The first-order chi connectivity index (χ1) is 25.3. The third kappa shape index (κ3) is 4.59. The van der Waals surface area contributed by atoms with E-state index in [1.54, 1.807) is 0 Å². The third-order valence-corrected chi connectivity index (χ3v) is 10.4. The van der Waals surface area contributed by atoms with Crippen LogP contribution in [0.3, 0.4) is 0 Å². The van der Waals surface area contributed by atoms with Gasteiger partial charge in [0.25, 0.3) is 0 Å². The van der Waals surface area contributed by atoms with Crippen molar-refractivity contribution in [1.82, 2.24) is 9.13 Å². The van der Waals surface area contributed by atoms with Crippen LogP contribution in [0.15, 0.2) is 180 Å². The summed E-state index contributed by atoms with van der Waals surface area (Å²) in [6.07, 6.45) is 6.71. The summed E-state index contributed by atoms with van der Waals surface area (Å²) >= 11 is 0. The molecule has 3 nitrogen and oxygen atoms in total. The van der Waals surface area contributed by atoms with E-state index in [9.17, 15) is 0 Å². The van der Waals surface area contributed by atoms with Crippen LogP contribution in [0.1, 0.15) is 12.5 Å². The van der Waals surface area contributed by atoms with Crippen molar-refractivity contribution in [2.45, 2.75) is 13.5 Å². The fourth-order valence-electron chi connectivity index (χ4n) is 8.10. The molecular formula is C48H34N2O. The number of furan rings is 1. The van der Waals surface area contributed by atoms with Crippen molar-refractivity contribution in [2.75, 3.05) is 0 Å². The molecule has 10 aromatic rings. The van der Waals surface area contributed by atoms with Gasteiger partial charge in [-0.2, -0.15) is 0 Å². The Balaban J connectivity index is 1.20. The molecule has 0 aliphatic rings. The fraction of sp³-hybridized carbons (Fsp3) is 0.0417. The van der Waals surface area contributed by atoms with Crippen LogP contribution in [0.25, 0.3) is 87.9 Å². The molecule has 0 aliphatic heterocycles. The Kier molecular flexibility index (Phi) is 6.78. The molecule has 3 heteroatoms. The largest absolute Gasteiger partial charge is 0.455 e. The summed E-state index contributed by atoms with van der Waals surface area (Å²) in [6.45, 7) is 2.82. The SMILES string of the molecule is C/C=C(\C=C/Cn1c2ccccc2c2c3oc4ccccc4c3cc(-c3ccc(-n4c5ccccc5c5ccccc54)cc3)c21)c1ccccc1. The smallest absolute Gasteiger partial charge is 0.145 e. The highest BCUT2D eigenvalue weighted by Crippen LogP contribution is 2.44. The molecule has 0 aliphatic carbocycles. The number of hydrogen-bond donors (Lipinski definition) is 0. The number of para-hydroxylation sites is 4. The molecule has 3 aromatic heterocycles. The Bertz CT molecular complexity index is 2930. The molecule has 3 heterocycles. The summed E-state index contributed by atoms with van der Waals surface area (Å²) in [7, 11) is 0. The molecule has 0 fully saturated rings. The highest BCUT2D eigenvalue weighted by Gasteiger charge is 2.22. The van der Waals surface area contributed by atoms with Gasteiger partial charge in [0.1, 0.15) is 11.2 Å². The van der Waals surface area contributed by atoms with E-state index >= 15 is 0 Å². The number of aromatic nitrogens is 2. The average molecular weight is 655 g/mol. The van der Waals surface area contributed by atoms with Gasteiger partial charge in [-0.1, -0.05) is 133 Å². The maximum absolute atomic E-state index is 6.70. The minimum absolute atomic E-state index is 0.715. The van der Waals surface area contributed by atoms with E-state index in [1.807, 2.05) is 0 Å². The third-order valence-electron chi connectivity index (χ3n) is 10.4. The minimum Gasteiger partial charge on any atom is -0.455 e. The zero-order valence-corrected chi connectivity index (χ0v) is 28.3. The second kappa shape index (κ2) is 11.8. The molecule has 0 saturated carbocycles. The predicted octanol–water partition coefficient (Wildman–Crippen LogP) is 13.1. The second-order valence-electron chi connectivity index (χ2n) is 13.2. The van der Waals surface area contributed by atoms with Gasteiger partial charge < -0.3 is 13.6 Å². The first-order valence-corrected chi connectivity index (χ1v) is 17.6. The van der Waals surface area contributed by atoms with Gasteiger partial charge in [0.05, 0.1) is 21.9 Å². The summed E-state index contributed by atoms with van der Waals surface area (Å²) in [5.41, 5.74) is 12.6. The van der Waals surface area contributed by atoms with Crippen LogP contribution in [0.5, 0.6) is 0 Å². The summed E-state index contributed by atoms with van der Waals surface area (Å²) < 4.78 is 11.5. The van der Waals surface area contributed by atoms with Gasteiger partial charge in [0.15, 0.2) is 0 Å². The van der Waals surface area contributed by atoms with E-state index < -0.39 is 0 Å². The Morgan fingerprint density at radius 2 is 1.20 bits per heavy atom. The van der Waals surface area contributed by atoms with Crippen molar-refractivity contribution >= 4 is 71.1 Å². The molecule has 0 amide bonds. The quantitative estimate of drug-likeness (QED) is 0.164. The topological polar surface area (TPSA) is 23.0 Å². The summed E-state index contributed by atoms with van der Waals surface area (Å²) in [5, 5.41) is 7.16. The molecule has 0 spiro atoms. The van der Waals surface area contributed by atoms with Crippen LogP contribution in [0.2, 0.25) is 0 Å². The molecule has 51 heavy (non-hydrogen) atoms. The van der Waals surface area contributed by atoms with Crippen molar-refractivity contribution in [3.8, 4) is 16.8 Å². The molecule has 10 rings (SSSR count). The van der Waals surface area contributed by atoms with Gasteiger partial charge in [-0.3, -0.25) is 0 Å². The number of nitrogens with zero attached hydrogens (tertiary/aromatic N) is 2. The second-order valence-corrected chi connectivity index (χ2v) is 13.2. The molecule has 0 atom stereocenters. The Morgan fingerprint density at radius 3 is 1.90 bits per heavy atom. The van der Waals surface area contributed by atoms with Crippen LogP contribution in [0.4, 0.5) is 0 Å². The number of benzene rings is 7. The zero-order valence-electron chi connectivity index (χ0n) is 28.3. The number of allylic oxidation sites excluding steroid dienone is 4. The molecular weight excluding hydrogens is 621 g/mol. The highest BCUT2D eigenvalue weighted by molar-refractivity contribution is 6.26. The van der Waals surface area contributed by atoms with Crippen LogP contribution in [-0.4, -0.2) is 9.13 Å². The monoisotopic (exact) mass is 654 g/mol. The van der Waals surface area contributed by atoms with Gasteiger partial charge in [0, 0.05) is 50.2 Å². The summed E-state index contributed by atoms with van der Waals surface area (Å²) in [4.78, 5) is 0. The molecule has 0 N–H and O–H groups in total. The molecule has 0 bridgehead atoms. The lowest BCUT2D eigenvalue weighted by Crippen LogP contribution is -1.97. The molecule has 7 aromatic carbocycles. The van der Waals surface area contributed by atoms with Crippen molar-refractivity contribution < 1.29 is 4.42 Å². The standard InChI is InChI=1S/C48H34N2O/c1-2-32(33-15-4-3-5-16-33)17-14-30-49-42-22-10-8-21-39(42)46-47(49)40(31-41-38-20-9-13-25-45(38)51-48(41)46)34-26-28-35(29-27-34)50-43-23-11-6-18-36(43)37-19-7-12-24-44(37)50/h2-29,31H,30H2,1H3/b17-14-,32-2+. The van der Waals surface area contributed by atoms with Gasteiger partial charge in [-0.25, -0.2) is 0 Å². The van der Waals surface area contributed by atoms with Crippen LogP contribution in [0, 0.1) is 0 Å². The van der Waals surface area contributed by atoms with Gasteiger partial charge in [0.2, 0.25) is 0 Å². The van der Waals surface area contributed by atoms with E-state index in [0.717, 1.165) is 33.0 Å². The van der Waals surface area contributed by atoms with Crippen LogP contribution in [-0.2, 0) is 6.54 Å². The van der Waals surface area contributed by atoms with Crippen molar-refractivity contribution in [2.24, 2.45) is 0 Å². The average Bonchev–Trinajstić information content (AvgIpc) is 3.85. The first-order valence-electron chi connectivity index (χ1n) is 17.6. The lowest BCUT2D eigenvalue weighted by atomic mass is 9.98. The molecule has 0 saturated heterocycles. The van der Waals surface area contributed by atoms with Crippen molar-refractivity contribution in [3.05, 3.63) is 182 Å². The van der Waals surface area contributed by atoms with Gasteiger partial charge in [-0.15, -0.1) is 0 Å². The zero-order chi connectivity index (χ0) is 33.9.